The molecule has 0 amide bonds. The smallest absolute Gasteiger partial charge is 0.194 e. The molecule has 156 valence electrons. The van der Waals surface area contributed by atoms with Crippen molar-refractivity contribution in [3.8, 4) is 0 Å². The minimum Gasteiger partial charge on any atom is -0.377 e. The summed E-state index contributed by atoms with van der Waals surface area (Å²) in [4.78, 5) is 9.81. The van der Waals surface area contributed by atoms with Gasteiger partial charge in [0.05, 0.1) is 13.2 Å². The van der Waals surface area contributed by atoms with Crippen LogP contribution in [0.15, 0.2) is 34.8 Å². The Hall–Kier alpha value is -1.28. The topological polar surface area (TPSA) is 40.1 Å². The summed E-state index contributed by atoms with van der Waals surface area (Å²) in [6.45, 7) is 14.0. The SMILES string of the molecule is CCNC(=NCCC1=CCOCC1)N1CCN(c2cccc(C)c2C)CC1.I. The van der Waals surface area contributed by atoms with Crippen molar-refractivity contribution < 1.29 is 4.74 Å². The van der Waals surface area contributed by atoms with Crippen LogP contribution in [0.3, 0.4) is 0 Å². The zero-order valence-corrected chi connectivity index (χ0v) is 19.9. The Morgan fingerprint density at radius 2 is 1.96 bits per heavy atom. The number of ether oxygens (including phenoxy) is 1. The number of hydrogen-bond acceptors (Lipinski definition) is 3. The van der Waals surface area contributed by atoms with Crippen LogP contribution in [0, 0.1) is 13.8 Å². The predicted octanol–water partition coefficient (Wildman–Crippen LogP) is 3.75. The summed E-state index contributed by atoms with van der Waals surface area (Å²) >= 11 is 0. The summed E-state index contributed by atoms with van der Waals surface area (Å²) in [6.07, 6.45) is 4.32. The van der Waals surface area contributed by atoms with Crippen LogP contribution in [0.1, 0.15) is 30.9 Å². The van der Waals surface area contributed by atoms with Crippen LogP contribution in [-0.2, 0) is 4.74 Å². The third-order valence-corrected chi connectivity index (χ3v) is 5.58. The monoisotopic (exact) mass is 498 g/mol. The van der Waals surface area contributed by atoms with E-state index >= 15 is 0 Å². The number of nitrogens with zero attached hydrogens (tertiary/aromatic N) is 3. The number of guanidine groups is 1. The summed E-state index contributed by atoms with van der Waals surface area (Å²) in [5, 5.41) is 3.48. The molecule has 1 fully saturated rings. The van der Waals surface area contributed by atoms with E-state index in [9.17, 15) is 0 Å². The zero-order chi connectivity index (χ0) is 19.1. The zero-order valence-electron chi connectivity index (χ0n) is 17.5. The van der Waals surface area contributed by atoms with Crippen molar-refractivity contribution in [2.24, 2.45) is 4.99 Å². The summed E-state index contributed by atoms with van der Waals surface area (Å²) in [6, 6.07) is 6.61. The number of rotatable bonds is 5. The highest BCUT2D eigenvalue weighted by atomic mass is 127. The van der Waals surface area contributed by atoms with E-state index in [-0.39, 0.29) is 24.0 Å². The van der Waals surface area contributed by atoms with E-state index in [1.54, 1.807) is 0 Å². The van der Waals surface area contributed by atoms with Crippen molar-refractivity contribution in [1.29, 1.82) is 0 Å². The summed E-state index contributed by atoms with van der Waals surface area (Å²) in [5.41, 5.74) is 5.63. The average molecular weight is 498 g/mol. The Labute approximate surface area is 187 Å². The third kappa shape index (κ3) is 6.11. The van der Waals surface area contributed by atoms with E-state index in [4.69, 9.17) is 9.73 Å². The van der Waals surface area contributed by atoms with E-state index in [1.807, 2.05) is 0 Å². The third-order valence-electron chi connectivity index (χ3n) is 5.58. The van der Waals surface area contributed by atoms with E-state index in [0.717, 1.165) is 71.3 Å². The molecular formula is C22H35IN4O. The van der Waals surface area contributed by atoms with Crippen LogP contribution >= 0.6 is 24.0 Å². The molecule has 0 saturated carbocycles. The highest BCUT2D eigenvalue weighted by molar-refractivity contribution is 14.0. The van der Waals surface area contributed by atoms with Gasteiger partial charge in [-0.3, -0.25) is 4.99 Å². The Morgan fingerprint density at radius 3 is 2.64 bits per heavy atom. The number of anilines is 1. The molecule has 0 radical (unpaired) electrons. The Kier molecular flexibility index (Phi) is 9.58. The van der Waals surface area contributed by atoms with Gasteiger partial charge in [-0.05, 0) is 50.8 Å². The molecule has 1 aromatic carbocycles. The first-order chi connectivity index (χ1) is 13.2. The van der Waals surface area contributed by atoms with Crippen LogP contribution in [0.5, 0.6) is 0 Å². The van der Waals surface area contributed by atoms with Gasteiger partial charge in [-0.15, -0.1) is 24.0 Å². The van der Waals surface area contributed by atoms with Gasteiger partial charge < -0.3 is 19.9 Å². The minimum absolute atomic E-state index is 0. The molecule has 0 bridgehead atoms. The maximum atomic E-state index is 5.39. The second-order valence-electron chi connectivity index (χ2n) is 7.37. The number of halogens is 1. The van der Waals surface area contributed by atoms with Crippen molar-refractivity contribution in [3.63, 3.8) is 0 Å². The number of aryl methyl sites for hydroxylation is 1. The molecule has 0 spiro atoms. The van der Waals surface area contributed by atoms with Crippen molar-refractivity contribution in [1.82, 2.24) is 10.2 Å². The number of nitrogens with one attached hydrogen (secondary N) is 1. The lowest BCUT2D eigenvalue weighted by molar-refractivity contribution is 0.153. The first kappa shape index (κ1) is 23.0. The Balaban J connectivity index is 0.00000280. The fraction of sp³-hybridized carbons (Fsp3) is 0.591. The van der Waals surface area contributed by atoms with Crippen molar-refractivity contribution in [3.05, 3.63) is 41.0 Å². The van der Waals surface area contributed by atoms with Gasteiger partial charge in [0.2, 0.25) is 0 Å². The van der Waals surface area contributed by atoms with Crippen molar-refractivity contribution in [2.75, 3.05) is 57.4 Å². The van der Waals surface area contributed by atoms with E-state index < -0.39 is 0 Å². The molecule has 2 aliphatic rings. The number of piperazine rings is 1. The summed E-state index contributed by atoms with van der Waals surface area (Å²) < 4.78 is 5.39. The van der Waals surface area contributed by atoms with Gasteiger partial charge in [0.25, 0.3) is 0 Å². The van der Waals surface area contributed by atoms with Gasteiger partial charge in [-0.2, -0.15) is 0 Å². The molecule has 0 unspecified atom stereocenters. The van der Waals surface area contributed by atoms with Gasteiger partial charge in [0.15, 0.2) is 5.96 Å². The van der Waals surface area contributed by atoms with Crippen molar-refractivity contribution in [2.45, 2.75) is 33.6 Å². The molecule has 2 aliphatic heterocycles. The number of hydrogen-bond donors (Lipinski definition) is 1. The van der Waals surface area contributed by atoms with Gasteiger partial charge >= 0.3 is 0 Å². The molecule has 28 heavy (non-hydrogen) atoms. The first-order valence-corrected chi connectivity index (χ1v) is 10.3. The molecule has 0 atom stereocenters. The lowest BCUT2D eigenvalue weighted by atomic mass is 10.1. The second kappa shape index (κ2) is 11.7. The summed E-state index contributed by atoms with van der Waals surface area (Å²) in [7, 11) is 0. The van der Waals surface area contributed by atoms with Crippen LogP contribution < -0.4 is 10.2 Å². The molecule has 3 rings (SSSR count). The van der Waals surface area contributed by atoms with E-state index in [0.29, 0.717) is 0 Å². The normalized spacial score (nSPS) is 17.8. The lowest BCUT2D eigenvalue weighted by Gasteiger charge is -2.38. The lowest BCUT2D eigenvalue weighted by Crippen LogP contribution is -2.52. The van der Waals surface area contributed by atoms with Crippen LogP contribution in [0.2, 0.25) is 0 Å². The maximum absolute atomic E-state index is 5.39. The number of benzene rings is 1. The van der Waals surface area contributed by atoms with Crippen LogP contribution in [0.4, 0.5) is 5.69 Å². The molecular weight excluding hydrogens is 463 g/mol. The maximum Gasteiger partial charge on any atom is 0.194 e. The number of aliphatic imine (C=N–C) groups is 1. The van der Waals surface area contributed by atoms with Gasteiger partial charge in [-0.1, -0.05) is 23.8 Å². The van der Waals surface area contributed by atoms with Gasteiger partial charge in [0, 0.05) is 45.0 Å². The fourth-order valence-electron chi connectivity index (χ4n) is 3.76. The molecule has 0 aliphatic carbocycles. The summed E-state index contributed by atoms with van der Waals surface area (Å²) in [5.74, 6) is 1.06. The molecule has 2 heterocycles. The second-order valence-corrected chi connectivity index (χ2v) is 7.37. The average Bonchev–Trinajstić information content (AvgIpc) is 2.70. The van der Waals surface area contributed by atoms with Crippen LogP contribution in [-0.4, -0.2) is 63.3 Å². The molecule has 1 saturated heterocycles. The Bertz CT molecular complexity index is 681. The largest absolute Gasteiger partial charge is 0.377 e. The molecule has 0 aromatic heterocycles. The van der Waals surface area contributed by atoms with Crippen molar-refractivity contribution >= 4 is 35.6 Å². The highest BCUT2D eigenvalue weighted by Crippen LogP contribution is 2.23. The van der Waals surface area contributed by atoms with Crippen LogP contribution in [0.25, 0.3) is 0 Å². The molecule has 6 heteroatoms. The van der Waals surface area contributed by atoms with Gasteiger partial charge in [0.1, 0.15) is 0 Å². The predicted molar refractivity (Wildman–Crippen MR) is 129 cm³/mol. The Morgan fingerprint density at radius 1 is 1.18 bits per heavy atom. The first-order valence-electron chi connectivity index (χ1n) is 10.3. The quantitative estimate of drug-likeness (QED) is 0.291. The minimum atomic E-state index is 0. The van der Waals surface area contributed by atoms with E-state index in [1.165, 1.54) is 22.4 Å². The fourth-order valence-corrected chi connectivity index (χ4v) is 3.76. The highest BCUT2D eigenvalue weighted by Gasteiger charge is 2.21. The standard InChI is InChI=1S/C22H34N4O.HI/c1-4-23-22(24-11-8-20-9-16-27-17-10-20)26-14-12-25(13-15-26)21-7-5-6-18(2)19(21)3;/h5-7,9H,4,8,10-17H2,1-3H3,(H,23,24);1H. The van der Waals surface area contributed by atoms with Gasteiger partial charge in [-0.25, -0.2) is 0 Å². The molecule has 5 nitrogen and oxygen atoms in total. The van der Waals surface area contributed by atoms with E-state index in [2.05, 4.69) is 60.2 Å². The molecule has 1 aromatic rings. The molecule has 1 N–H and O–H groups in total.